The second-order valence-electron chi connectivity index (χ2n) is 6.96. The molecular formula is C16H22ClN3O5S. The lowest BCUT2D eigenvalue weighted by atomic mass is 9.78. The van der Waals surface area contributed by atoms with Crippen LogP contribution < -0.4 is 5.32 Å². The summed E-state index contributed by atoms with van der Waals surface area (Å²) in [5.41, 5.74) is -0.0907. The molecule has 0 aliphatic carbocycles. The molecule has 0 unspecified atom stereocenters. The number of nitro groups is 1. The highest BCUT2D eigenvalue weighted by molar-refractivity contribution is 7.90. The van der Waals surface area contributed by atoms with E-state index in [1.54, 1.807) is 4.90 Å². The Hall–Kier alpha value is -1.71. The smallest absolute Gasteiger partial charge is 0.271 e. The summed E-state index contributed by atoms with van der Waals surface area (Å²) in [4.78, 5) is 24.6. The third-order valence-corrected chi connectivity index (χ3v) is 6.31. The minimum atomic E-state index is -3.65. The molecule has 2 fully saturated rings. The van der Waals surface area contributed by atoms with E-state index in [0.717, 1.165) is 50.7 Å². The van der Waals surface area contributed by atoms with Crippen LogP contribution in [0.3, 0.4) is 0 Å². The molecule has 26 heavy (non-hydrogen) atoms. The Morgan fingerprint density at radius 1 is 1.23 bits per heavy atom. The number of carbonyl (C=O) groups excluding carboxylic acids is 1. The summed E-state index contributed by atoms with van der Waals surface area (Å²) in [6.45, 7) is 3.12. The number of benzene rings is 1. The zero-order chi connectivity index (χ0) is 18.2. The summed E-state index contributed by atoms with van der Waals surface area (Å²) < 4.78 is 23.5. The van der Waals surface area contributed by atoms with Crippen molar-refractivity contribution in [3.05, 3.63) is 33.9 Å². The first-order valence-corrected chi connectivity index (χ1v) is 10.1. The first kappa shape index (κ1) is 20.6. The molecule has 2 aliphatic rings. The van der Waals surface area contributed by atoms with Crippen molar-refractivity contribution in [2.24, 2.45) is 5.41 Å². The van der Waals surface area contributed by atoms with Crippen LogP contribution in [0.25, 0.3) is 0 Å². The van der Waals surface area contributed by atoms with Crippen molar-refractivity contribution in [3.63, 3.8) is 0 Å². The summed E-state index contributed by atoms with van der Waals surface area (Å²) in [6.07, 6.45) is 3.85. The van der Waals surface area contributed by atoms with Gasteiger partial charge in [0.05, 0.1) is 9.82 Å². The van der Waals surface area contributed by atoms with Crippen molar-refractivity contribution < 1.29 is 18.1 Å². The Balaban J connectivity index is 0.00000243. The van der Waals surface area contributed by atoms with Crippen molar-refractivity contribution in [2.45, 2.75) is 24.2 Å². The number of nitrogens with one attached hydrogen (secondary N) is 1. The number of halogens is 1. The number of rotatable bonds is 3. The van der Waals surface area contributed by atoms with Gasteiger partial charge in [0.2, 0.25) is 0 Å². The van der Waals surface area contributed by atoms with Gasteiger partial charge in [-0.25, -0.2) is 8.42 Å². The zero-order valence-electron chi connectivity index (χ0n) is 14.4. The number of non-ortho nitro benzene ring substituents is 1. The molecule has 0 saturated carbocycles. The van der Waals surface area contributed by atoms with E-state index in [9.17, 15) is 23.3 Å². The largest absolute Gasteiger partial charge is 0.339 e. The maximum Gasteiger partial charge on any atom is 0.271 e. The Bertz CT molecular complexity index is 811. The van der Waals surface area contributed by atoms with Gasteiger partial charge in [-0.05, 0) is 37.3 Å². The first-order chi connectivity index (χ1) is 11.7. The van der Waals surface area contributed by atoms with E-state index in [2.05, 4.69) is 5.32 Å². The van der Waals surface area contributed by atoms with Crippen LogP contribution in [0.15, 0.2) is 23.1 Å². The number of sulfone groups is 1. The van der Waals surface area contributed by atoms with Gasteiger partial charge in [0, 0.05) is 43.6 Å². The Labute approximate surface area is 158 Å². The SMILES string of the molecule is CS(=O)(=O)c1cc(C(=O)N2CCC3(CCNC3)CC2)cc([N+](=O)[O-])c1.Cl. The van der Waals surface area contributed by atoms with Gasteiger partial charge in [-0.3, -0.25) is 14.9 Å². The van der Waals surface area contributed by atoms with Crippen LogP contribution >= 0.6 is 12.4 Å². The molecule has 1 amide bonds. The number of nitro benzene ring substituents is 1. The van der Waals surface area contributed by atoms with E-state index in [-0.39, 0.29) is 39.9 Å². The highest BCUT2D eigenvalue weighted by atomic mass is 35.5. The predicted octanol–water partition coefficient (Wildman–Crippen LogP) is 1.64. The second-order valence-corrected chi connectivity index (χ2v) is 8.98. The molecule has 2 aliphatic heterocycles. The van der Waals surface area contributed by atoms with Crippen molar-refractivity contribution >= 4 is 33.8 Å². The zero-order valence-corrected chi connectivity index (χ0v) is 16.1. The molecule has 2 saturated heterocycles. The number of nitrogens with zero attached hydrogens (tertiary/aromatic N) is 2. The number of amides is 1. The van der Waals surface area contributed by atoms with Gasteiger partial charge >= 0.3 is 0 Å². The van der Waals surface area contributed by atoms with E-state index in [1.807, 2.05) is 0 Å². The van der Waals surface area contributed by atoms with Crippen LogP contribution in [0.1, 0.15) is 29.6 Å². The maximum atomic E-state index is 12.7. The standard InChI is InChI=1S/C16H21N3O5S.ClH/c1-25(23,24)14-9-12(8-13(10-14)19(21)22)15(20)18-6-3-16(4-7-18)2-5-17-11-16;/h8-10,17H,2-7,11H2,1H3;1H. The molecule has 1 N–H and O–H groups in total. The predicted molar refractivity (Wildman–Crippen MR) is 98.5 cm³/mol. The van der Waals surface area contributed by atoms with Crippen LogP contribution in [0.2, 0.25) is 0 Å². The topological polar surface area (TPSA) is 110 Å². The molecule has 3 rings (SSSR count). The van der Waals surface area contributed by atoms with Crippen molar-refractivity contribution in [1.29, 1.82) is 0 Å². The van der Waals surface area contributed by atoms with E-state index >= 15 is 0 Å². The van der Waals surface area contributed by atoms with E-state index in [4.69, 9.17) is 0 Å². The highest BCUT2D eigenvalue weighted by Gasteiger charge is 2.38. The van der Waals surface area contributed by atoms with E-state index in [0.29, 0.717) is 13.1 Å². The van der Waals surface area contributed by atoms with Crippen LogP contribution in [0.4, 0.5) is 5.69 Å². The van der Waals surface area contributed by atoms with Gasteiger partial charge in [-0.2, -0.15) is 0 Å². The number of carbonyl (C=O) groups is 1. The lowest BCUT2D eigenvalue weighted by molar-refractivity contribution is -0.385. The van der Waals surface area contributed by atoms with Crippen LogP contribution in [0, 0.1) is 15.5 Å². The monoisotopic (exact) mass is 403 g/mol. The molecule has 0 aromatic heterocycles. The molecule has 0 radical (unpaired) electrons. The molecule has 1 aromatic carbocycles. The number of likely N-dealkylation sites (tertiary alicyclic amines) is 1. The molecule has 10 heteroatoms. The third-order valence-electron chi connectivity index (χ3n) is 5.22. The molecule has 1 spiro atoms. The average Bonchev–Trinajstić information content (AvgIpc) is 3.02. The number of piperidine rings is 1. The molecule has 8 nitrogen and oxygen atoms in total. The molecular weight excluding hydrogens is 382 g/mol. The van der Waals surface area contributed by atoms with Crippen LogP contribution in [0.5, 0.6) is 0 Å². The van der Waals surface area contributed by atoms with Gasteiger partial charge in [-0.1, -0.05) is 0 Å². The Kier molecular flexibility index (Phi) is 5.94. The first-order valence-electron chi connectivity index (χ1n) is 8.20. The Morgan fingerprint density at radius 3 is 2.38 bits per heavy atom. The summed E-state index contributed by atoms with van der Waals surface area (Å²) >= 11 is 0. The molecule has 144 valence electrons. The minimum Gasteiger partial charge on any atom is -0.339 e. The summed E-state index contributed by atoms with van der Waals surface area (Å²) in [5.74, 6) is -0.352. The van der Waals surface area contributed by atoms with Crippen molar-refractivity contribution in [1.82, 2.24) is 10.2 Å². The lowest BCUT2D eigenvalue weighted by Crippen LogP contribution is -2.44. The molecule has 0 bridgehead atoms. The van der Waals surface area contributed by atoms with Gasteiger partial charge in [-0.15, -0.1) is 12.4 Å². The van der Waals surface area contributed by atoms with E-state index < -0.39 is 14.8 Å². The summed E-state index contributed by atoms with van der Waals surface area (Å²) in [6, 6.07) is 3.37. The van der Waals surface area contributed by atoms with Gasteiger partial charge < -0.3 is 10.2 Å². The van der Waals surface area contributed by atoms with Gasteiger partial charge in [0.25, 0.3) is 11.6 Å². The lowest BCUT2D eigenvalue weighted by Gasteiger charge is -2.38. The fraction of sp³-hybridized carbons (Fsp3) is 0.562. The van der Waals surface area contributed by atoms with Crippen molar-refractivity contribution in [3.8, 4) is 0 Å². The van der Waals surface area contributed by atoms with Gasteiger partial charge in [0.1, 0.15) is 0 Å². The normalized spacial score (nSPS) is 19.2. The molecule has 0 atom stereocenters. The minimum absolute atomic E-state index is 0. The third kappa shape index (κ3) is 4.16. The summed E-state index contributed by atoms with van der Waals surface area (Å²) in [5, 5.41) is 14.4. The quantitative estimate of drug-likeness (QED) is 0.606. The van der Waals surface area contributed by atoms with Crippen LogP contribution in [-0.2, 0) is 9.84 Å². The van der Waals surface area contributed by atoms with E-state index in [1.165, 1.54) is 6.07 Å². The van der Waals surface area contributed by atoms with Crippen molar-refractivity contribution in [2.75, 3.05) is 32.4 Å². The molecule has 2 heterocycles. The molecule has 1 aromatic rings. The summed E-state index contributed by atoms with van der Waals surface area (Å²) in [7, 11) is -3.65. The maximum absolute atomic E-state index is 12.7. The average molecular weight is 404 g/mol. The Morgan fingerprint density at radius 2 is 1.88 bits per heavy atom. The van der Waals surface area contributed by atoms with Crippen LogP contribution in [-0.4, -0.2) is 56.6 Å². The highest BCUT2D eigenvalue weighted by Crippen LogP contribution is 2.37. The fourth-order valence-corrected chi connectivity index (χ4v) is 4.29. The number of hydrogen-bond acceptors (Lipinski definition) is 6. The van der Waals surface area contributed by atoms with Gasteiger partial charge in [0.15, 0.2) is 9.84 Å². The fourth-order valence-electron chi connectivity index (χ4n) is 3.62. The second kappa shape index (κ2) is 7.50. The number of hydrogen-bond donors (Lipinski definition) is 1.